The summed E-state index contributed by atoms with van der Waals surface area (Å²) in [5.41, 5.74) is 4.06. The van der Waals surface area contributed by atoms with Gasteiger partial charge in [-0.05, 0) is 17.5 Å². The Morgan fingerprint density at radius 3 is 2.76 bits per heavy atom. The normalized spacial score (nSPS) is 11.6. The first kappa shape index (κ1) is 13.7. The van der Waals surface area contributed by atoms with Crippen molar-refractivity contribution in [2.45, 2.75) is 19.8 Å². The Labute approximate surface area is 127 Å². The first-order chi connectivity index (χ1) is 10.2. The van der Waals surface area contributed by atoms with Crippen molar-refractivity contribution in [3.05, 3.63) is 53.2 Å². The Balaban J connectivity index is 1.85. The minimum atomic E-state index is 0.491. The third-order valence-electron chi connectivity index (χ3n) is 3.10. The smallest absolute Gasteiger partial charge is 0.158 e. The largest absolute Gasteiger partial charge is 0.261 e. The molecule has 0 radical (unpaired) electrons. The van der Waals surface area contributed by atoms with Crippen LogP contribution in [0, 0.1) is 0 Å². The lowest BCUT2D eigenvalue weighted by molar-refractivity contribution is 0.890. The van der Waals surface area contributed by atoms with E-state index in [0.717, 1.165) is 21.6 Å². The molecule has 2 heterocycles. The molecule has 1 N–H and O–H groups in total. The maximum atomic E-state index is 4.33. The highest BCUT2D eigenvalue weighted by molar-refractivity contribution is 7.18. The number of hydrogen-bond acceptors (Lipinski definition) is 5. The van der Waals surface area contributed by atoms with E-state index in [4.69, 9.17) is 0 Å². The summed E-state index contributed by atoms with van der Waals surface area (Å²) in [5.74, 6) is 1.24. The van der Waals surface area contributed by atoms with Crippen LogP contribution in [0.1, 0.15) is 30.2 Å². The quantitative estimate of drug-likeness (QED) is 0.578. The van der Waals surface area contributed by atoms with Gasteiger partial charge in [0.15, 0.2) is 5.82 Å². The van der Waals surface area contributed by atoms with Crippen molar-refractivity contribution in [2.24, 2.45) is 5.10 Å². The zero-order chi connectivity index (χ0) is 14.7. The number of anilines is 1. The van der Waals surface area contributed by atoms with E-state index in [2.05, 4.69) is 40.4 Å². The van der Waals surface area contributed by atoms with E-state index < -0.39 is 0 Å². The van der Waals surface area contributed by atoms with E-state index in [0.29, 0.717) is 5.92 Å². The molecule has 0 bridgehead atoms. The number of hydrazone groups is 1. The molecule has 0 aliphatic carbocycles. The van der Waals surface area contributed by atoms with Gasteiger partial charge in [-0.25, -0.2) is 9.97 Å². The Bertz CT molecular complexity index is 762. The third kappa shape index (κ3) is 3.08. The number of aromatic nitrogens is 2. The van der Waals surface area contributed by atoms with E-state index >= 15 is 0 Å². The fourth-order valence-electron chi connectivity index (χ4n) is 1.95. The minimum Gasteiger partial charge on any atom is -0.261 e. The molecule has 0 aliphatic rings. The molecule has 3 aromatic rings. The molecule has 0 saturated heterocycles. The summed E-state index contributed by atoms with van der Waals surface area (Å²) in [6.07, 6.45) is 3.35. The standard InChI is InChI=1S/C16H16N4S/c1-11(2)14-8-13-15(17-10-18-16(13)21-14)20-19-9-12-6-4-3-5-7-12/h3-11H,1-2H3,(H,17,18,20)/b19-9+. The molecular weight excluding hydrogens is 280 g/mol. The van der Waals surface area contributed by atoms with Gasteiger partial charge >= 0.3 is 0 Å². The van der Waals surface area contributed by atoms with Crippen LogP contribution in [0.25, 0.3) is 10.2 Å². The molecule has 21 heavy (non-hydrogen) atoms. The van der Waals surface area contributed by atoms with Crippen molar-refractivity contribution < 1.29 is 0 Å². The van der Waals surface area contributed by atoms with Gasteiger partial charge in [0.25, 0.3) is 0 Å². The summed E-state index contributed by atoms with van der Waals surface area (Å²) >= 11 is 1.71. The zero-order valence-corrected chi connectivity index (χ0v) is 12.8. The molecule has 5 heteroatoms. The number of hydrogen-bond donors (Lipinski definition) is 1. The summed E-state index contributed by atoms with van der Waals surface area (Å²) in [7, 11) is 0. The fourth-order valence-corrected chi connectivity index (χ4v) is 2.96. The van der Waals surface area contributed by atoms with Crippen LogP contribution in [0.5, 0.6) is 0 Å². The topological polar surface area (TPSA) is 50.2 Å². The summed E-state index contributed by atoms with van der Waals surface area (Å²) < 4.78 is 0. The Hall–Kier alpha value is -2.27. The summed E-state index contributed by atoms with van der Waals surface area (Å²) in [6.45, 7) is 4.36. The predicted molar refractivity (Wildman–Crippen MR) is 89.2 cm³/mol. The van der Waals surface area contributed by atoms with Gasteiger partial charge in [0.2, 0.25) is 0 Å². The molecule has 0 spiro atoms. The molecule has 0 aliphatic heterocycles. The van der Waals surface area contributed by atoms with E-state index in [1.54, 1.807) is 23.9 Å². The van der Waals surface area contributed by atoms with E-state index in [1.165, 1.54) is 4.88 Å². The monoisotopic (exact) mass is 296 g/mol. The first-order valence-electron chi connectivity index (χ1n) is 6.82. The number of nitrogens with one attached hydrogen (secondary N) is 1. The number of rotatable bonds is 4. The Kier molecular flexibility index (Phi) is 3.92. The maximum Gasteiger partial charge on any atom is 0.158 e. The van der Waals surface area contributed by atoms with Gasteiger partial charge < -0.3 is 0 Å². The van der Waals surface area contributed by atoms with Gasteiger partial charge in [0.1, 0.15) is 11.2 Å². The second kappa shape index (κ2) is 6.01. The Morgan fingerprint density at radius 2 is 2.00 bits per heavy atom. The van der Waals surface area contributed by atoms with Crippen LogP contribution in [-0.4, -0.2) is 16.2 Å². The van der Waals surface area contributed by atoms with Crippen LogP contribution in [0.4, 0.5) is 5.82 Å². The number of fused-ring (bicyclic) bond motifs is 1. The number of benzene rings is 1. The van der Waals surface area contributed by atoms with E-state index in [9.17, 15) is 0 Å². The number of nitrogens with zero attached hydrogens (tertiary/aromatic N) is 3. The maximum absolute atomic E-state index is 4.33. The summed E-state index contributed by atoms with van der Waals surface area (Å²) in [4.78, 5) is 10.9. The van der Waals surface area contributed by atoms with Crippen LogP contribution in [0.3, 0.4) is 0 Å². The third-order valence-corrected chi connectivity index (χ3v) is 4.44. The van der Waals surface area contributed by atoms with E-state index in [-0.39, 0.29) is 0 Å². The van der Waals surface area contributed by atoms with Crippen molar-refractivity contribution in [3.63, 3.8) is 0 Å². The van der Waals surface area contributed by atoms with Crippen LogP contribution < -0.4 is 5.43 Å². The number of thiophene rings is 1. The van der Waals surface area contributed by atoms with Crippen LogP contribution in [-0.2, 0) is 0 Å². The molecule has 0 unspecified atom stereocenters. The summed E-state index contributed by atoms with van der Waals surface area (Å²) in [5, 5.41) is 5.28. The second-order valence-corrected chi connectivity index (χ2v) is 6.09. The lowest BCUT2D eigenvalue weighted by atomic mass is 10.2. The van der Waals surface area contributed by atoms with E-state index in [1.807, 2.05) is 30.3 Å². The molecule has 2 aromatic heterocycles. The molecule has 0 amide bonds. The Morgan fingerprint density at radius 1 is 1.19 bits per heavy atom. The van der Waals surface area contributed by atoms with Gasteiger partial charge in [-0.1, -0.05) is 44.2 Å². The molecular formula is C16H16N4S. The van der Waals surface area contributed by atoms with Gasteiger partial charge in [-0.15, -0.1) is 11.3 Å². The lowest BCUT2D eigenvalue weighted by Gasteiger charge is -2.00. The van der Waals surface area contributed by atoms with Crippen molar-refractivity contribution in [1.29, 1.82) is 0 Å². The van der Waals surface area contributed by atoms with Crippen molar-refractivity contribution in [1.82, 2.24) is 9.97 Å². The molecule has 0 atom stereocenters. The zero-order valence-electron chi connectivity index (χ0n) is 11.9. The van der Waals surface area contributed by atoms with Crippen molar-refractivity contribution in [2.75, 3.05) is 5.43 Å². The summed E-state index contributed by atoms with van der Waals surface area (Å²) in [6, 6.07) is 12.1. The molecule has 0 fully saturated rings. The molecule has 1 aromatic carbocycles. The van der Waals surface area contributed by atoms with Gasteiger partial charge in [0, 0.05) is 4.88 Å². The average Bonchev–Trinajstić information content (AvgIpc) is 2.94. The predicted octanol–water partition coefficient (Wildman–Crippen LogP) is 4.26. The van der Waals surface area contributed by atoms with Crippen LogP contribution in [0.2, 0.25) is 0 Å². The molecule has 3 rings (SSSR count). The lowest BCUT2D eigenvalue weighted by Crippen LogP contribution is -1.94. The van der Waals surface area contributed by atoms with Crippen LogP contribution in [0.15, 0.2) is 47.8 Å². The second-order valence-electron chi connectivity index (χ2n) is 5.03. The SMILES string of the molecule is CC(C)c1cc2c(N/N=C/c3ccccc3)ncnc2s1. The van der Waals surface area contributed by atoms with Gasteiger partial charge in [0.05, 0.1) is 11.6 Å². The average molecular weight is 296 g/mol. The van der Waals surface area contributed by atoms with Gasteiger partial charge in [-0.3, -0.25) is 5.43 Å². The highest BCUT2D eigenvalue weighted by atomic mass is 32.1. The van der Waals surface area contributed by atoms with Crippen LogP contribution >= 0.6 is 11.3 Å². The fraction of sp³-hybridized carbons (Fsp3) is 0.188. The molecule has 4 nitrogen and oxygen atoms in total. The highest BCUT2D eigenvalue weighted by Crippen LogP contribution is 2.32. The first-order valence-corrected chi connectivity index (χ1v) is 7.64. The highest BCUT2D eigenvalue weighted by Gasteiger charge is 2.10. The minimum absolute atomic E-state index is 0.491. The molecule has 0 saturated carbocycles. The van der Waals surface area contributed by atoms with Crippen molar-refractivity contribution in [3.8, 4) is 0 Å². The molecule has 106 valence electrons. The van der Waals surface area contributed by atoms with Crippen molar-refractivity contribution >= 4 is 33.6 Å². The van der Waals surface area contributed by atoms with Gasteiger partial charge in [-0.2, -0.15) is 5.10 Å².